The smallest absolute Gasteiger partial charge is 0.291 e. The Kier molecular flexibility index (Phi) is 4.61. The Labute approximate surface area is 154 Å². The Hall–Kier alpha value is -1.73. The number of hydrogen-bond donors (Lipinski definition) is 1. The second kappa shape index (κ2) is 6.78. The Morgan fingerprint density at radius 1 is 1.19 bits per heavy atom. The number of likely N-dealkylation sites (tertiary alicyclic amines) is 1. The van der Waals surface area contributed by atoms with Crippen molar-refractivity contribution < 1.29 is 9.53 Å². The van der Waals surface area contributed by atoms with Crippen molar-refractivity contribution in [1.82, 2.24) is 14.9 Å². The van der Waals surface area contributed by atoms with Gasteiger partial charge in [0.05, 0.1) is 0 Å². The van der Waals surface area contributed by atoms with Crippen LogP contribution in [0.1, 0.15) is 47.6 Å². The van der Waals surface area contributed by atoms with E-state index in [2.05, 4.69) is 14.9 Å². The van der Waals surface area contributed by atoms with E-state index < -0.39 is 0 Å². The van der Waals surface area contributed by atoms with Crippen LogP contribution in [-0.2, 0) is 4.74 Å². The van der Waals surface area contributed by atoms with E-state index in [1.807, 2.05) is 18.7 Å². The first-order valence-corrected chi connectivity index (χ1v) is 9.70. The number of amides is 1. The van der Waals surface area contributed by atoms with Crippen LogP contribution in [0.25, 0.3) is 0 Å². The van der Waals surface area contributed by atoms with Crippen LogP contribution in [0.2, 0.25) is 0 Å². The second-order valence-corrected chi connectivity index (χ2v) is 8.17. The minimum absolute atomic E-state index is 0.0405. The van der Waals surface area contributed by atoms with Crippen molar-refractivity contribution in [2.24, 2.45) is 11.1 Å². The van der Waals surface area contributed by atoms with Gasteiger partial charge in [0.15, 0.2) is 0 Å². The topological polar surface area (TPSA) is 84.6 Å². The van der Waals surface area contributed by atoms with Gasteiger partial charge in [-0.2, -0.15) is 0 Å². The van der Waals surface area contributed by atoms with E-state index in [4.69, 9.17) is 10.5 Å². The highest BCUT2D eigenvalue weighted by Crippen LogP contribution is 2.40. The number of nitrogens with two attached hydrogens (primary N) is 1. The van der Waals surface area contributed by atoms with Gasteiger partial charge in [0, 0.05) is 56.7 Å². The maximum absolute atomic E-state index is 13.1. The van der Waals surface area contributed by atoms with Gasteiger partial charge in [-0.25, -0.2) is 9.97 Å². The van der Waals surface area contributed by atoms with Gasteiger partial charge in [0.25, 0.3) is 5.91 Å². The van der Waals surface area contributed by atoms with Gasteiger partial charge in [-0.3, -0.25) is 4.79 Å². The number of rotatable bonds is 2. The summed E-state index contributed by atoms with van der Waals surface area (Å²) in [6.45, 7) is 8.86. The third-order valence-electron chi connectivity index (χ3n) is 6.36. The average Bonchev–Trinajstić information content (AvgIpc) is 3.24. The first-order valence-electron chi connectivity index (χ1n) is 9.70. The molecule has 4 heterocycles. The zero-order valence-electron chi connectivity index (χ0n) is 15.8. The molecule has 1 spiro atoms. The molecule has 0 aliphatic carbocycles. The number of nitrogens with zero attached hydrogens (tertiary/aromatic N) is 4. The monoisotopic (exact) mass is 359 g/mol. The Bertz CT molecular complexity index is 701. The zero-order valence-corrected chi connectivity index (χ0v) is 15.8. The molecular weight excluding hydrogens is 330 g/mol. The first kappa shape index (κ1) is 17.7. The summed E-state index contributed by atoms with van der Waals surface area (Å²) < 4.78 is 5.50. The predicted molar refractivity (Wildman–Crippen MR) is 99.3 cm³/mol. The molecule has 7 heteroatoms. The van der Waals surface area contributed by atoms with Crippen LogP contribution in [-0.4, -0.2) is 66.2 Å². The van der Waals surface area contributed by atoms with Crippen molar-refractivity contribution in [2.75, 3.05) is 44.3 Å². The van der Waals surface area contributed by atoms with Crippen LogP contribution in [0.5, 0.6) is 0 Å². The maximum Gasteiger partial charge on any atom is 0.291 e. The van der Waals surface area contributed by atoms with E-state index >= 15 is 0 Å². The van der Waals surface area contributed by atoms with E-state index in [0.29, 0.717) is 5.82 Å². The van der Waals surface area contributed by atoms with Gasteiger partial charge in [-0.15, -0.1) is 0 Å². The number of hydrogen-bond acceptors (Lipinski definition) is 6. The molecule has 0 saturated carbocycles. The molecule has 0 bridgehead atoms. The van der Waals surface area contributed by atoms with E-state index in [9.17, 15) is 4.79 Å². The minimum Gasteiger partial charge on any atom is -0.381 e. The molecule has 1 atom stereocenters. The average molecular weight is 359 g/mol. The van der Waals surface area contributed by atoms with Crippen molar-refractivity contribution in [3.63, 3.8) is 0 Å². The van der Waals surface area contributed by atoms with Crippen molar-refractivity contribution in [3.8, 4) is 0 Å². The molecule has 3 aliphatic heterocycles. The van der Waals surface area contributed by atoms with Crippen molar-refractivity contribution in [1.29, 1.82) is 0 Å². The van der Waals surface area contributed by atoms with Gasteiger partial charge in [0.1, 0.15) is 5.82 Å². The molecule has 0 aromatic carbocycles. The van der Waals surface area contributed by atoms with Crippen molar-refractivity contribution in [2.45, 2.75) is 45.6 Å². The summed E-state index contributed by atoms with van der Waals surface area (Å²) in [6.07, 6.45) is 4.10. The normalized spacial score (nSPS) is 25.3. The van der Waals surface area contributed by atoms with Crippen molar-refractivity contribution >= 4 is 11.7 Å². The Morgan fingerprint density at radius 3 is 2.65 bits per heavy atom. The third kappa shape index (κ3) is 3.18. The molecule has 2 N–H and O–H groups in total. The lowest BCUT2D eigenvalue weighted by Gasteiger charge is -2.33. The van der Waals surface area contributed by atoms with Crippen LogP contribution < -0.4 is 10.6 Å². The molecule has 3 fully saturated rings. The number of anilines is 1. The fourth-order valence-electron chi connectivity index (χ4n) is 4.46. The predicted octanol–water partition coefficient (Wildman–Crippen LogP) is 1.27. The van der Waals surface area contributed by atoms with Crippen LogP contribution in [0, 0.1) is 19.3 Å². The van der Waals surface area contributed by atoms with Gasteiger partial charge in [-0.1, -0.05) is 0 Å². The summed E-state index contributed by atoms with van der Waals surface area (Å²) in [7, 11) is 0. The summed E-state index contributed by atoms with van der Waals surface area (Å²) in [5, 5.41) is 0. The summed E-state index contributed by atoms with van der Waals surface area (Å²) in [6, 6.07) is 0.177. The highest BCUT2D eigenvalue weighted by Gasteiger charge is 2.41. The van der Waals surface area contributed by atoms with Crippen LogP contribution in [0.15, 0.2) is 0 Å². The molecule has 1 amide bonds. The maximum atomic E-state index is 13.1. The number of ether oxygens (including phenoxy) is 1. The molecular formula is C19H29N5O2. The summed E-state index contributed by atoms with van der Waals surface area (Å²) >= 11 is 0. The van der Waals surface area contributed by atoms with Crippen molar-refractivity contribution in [3.05, 3.63) is 17.1 Å². The first-order chi connectivity index (χ1) is 12.5. The number of carbonyl (C=O) groups is 1. The molecule has 0 radical (unpaired) electrons. The SMILES string of the molecule is Cc1nc(C(=O)N2CCC3(CCOCC3)C2)nc(N2CC[C@@H](N)C2)c1C. The van der Waals surface area contributed by atoms with Crippen LogP contribution in [0.3, 0.4) is 0 Å². The second-order valence-electron chi connectivity index (χ2n) is 8.17. The minimum atomic E-state index is -0.0405. The lowest BCUT2D eigenvalue weighted by Crippen LogP contribution is -2.36. The Balaban J connectivity index is 1.55. The van der Waals surface area contributed by atoms with E-state index in [1.54, 1.807) is 0 Å². The summed E-state index contributed by atoms with van der Waals surface area (Å²) in [5.74, 6) is 1.16. The lowest BCUT2D eigenvalue weighted by molar-refractivity contribution is 0.0190. The quantitative estimate of drug-likeness (QED) is 0.856. The van der Waals surface area contributed by atoms with E-state index in [1.165, 1.54) is 0 Å². The van der Waals surface area contributed by atoms with Gasteiger partial charge in [-0.05, 0) is 44.9 Å². The number of aryl methyl sites for hydroxylation is 1. The van der Waals surface area contributed by atoms with Crippen LogP contribution in [0.4, 0.5) is 5.82 Å². The Morgan fingerprint density at radius 2 is 1.96 bits per heavy atom. The third-order valence-corrected chi connectivity index (χ3v) is 6.36. The standard InChI is InChI=1S/C19H29N5O2/c1-13-14(2)21-16(22-17(13)23-7-3-15(20)11-23)18(25)24-8-4-19(12-24)5-9-26-10-6-19/h15H,3-12,20H2,1-2H3/t15-/m1/s1. The van der Waals surface area contributed by atoms with Gasteiger partial charge < -0.3 is 20.3 Å². The van der Waals surface area contributed by atoms with Gasteiger partial charge in [0.2, 0.25) is 5.82 Å². The number of carbonyl (C=O) groups excluding carboxylic acids is 1. The zero-order chi connectivity index (χ0) is 18.3. The highest BCUT2D eigenvalue weighted by molar-refractivity contribution is 5.91. The fraction of sp³-hybridized carbons (Fsp3) is 0.737. The lowest BCUT2D eigenvalue weighted by atomic mass is 9.80. The molecule has 0 unspecified atom stereocenters. The molecule has 142 valence electrons. The van der Waals surface area contributed by atoms with E-state index in [0.717, 1.165) is 82.2 Å². The molecule has 7 nitrogen and oxygen atoms in total. The summed E-state index contributed by atoms with van der Waals surface area (Å²) in [4.78, 5) is 26.4. The molecule has 3 saturated heterocycles. The van der Waals surface area contributed by atoms with E-state index in [-0.39, 0.29) is 17.4 Å². The molecule has 1 aromatic rings. The molecule has 3 aliphatic rings. The van der Waals surface area contributed by atoms with Crippen LogP contribution >= 0.6 is 0 Å². The molecule has 26 heavy (non-hydrogen) atoms. The molecule has 1 aromatic heterocycles. The largest absolute Gasteiger partial charge is 0.381 e. The highest BCUT2D eigenvalue weighted by atomic mass is 16.5. The number of aromatic nitrogens is 2. The molecule has 4 rings (SSSR count). The fourth-order valence-corrected chi connectivity index (χ4v) is 4.46. The van der Waals surface area contributed by atoms with Gasteiger partial charge >= 0.3 is 0 Å². The summed E-state index contributed by atoms with van der Waals surface area (Å²) in [5.41, 5.74) is 8.20.